The number of carbonyl (C=O) groups is 1. The Balaban J connectivity index is 2.10. The second-order valence-electron chi connectivity index (χ2n) is 4.15. The maximum Gasteiger partial charge on any atom is 0.250 e. The number of para-hydroxylation sites is 2. The van der Waals surface area contributed by atoms with Gasteiger partial charge in [-0.1, -0.05) is 25.5 Å². The summed E-state index contributed by atoms with van der Waals surface area (Å²) in [5, 5.41) is 2.69. The number of hydrogen-bond acceptors (Lipinski definition) is 4. The number of nitrogens with two attached hydrogens (primary N) is 1. The summed E-state index contributed by atoms with van der Waals surface area (Å²) >= 11 is 0. The second kappa shape index (κ2) is 9.35. The van der Waals surface area contributed by atoms with Crippen molar-refractivity contribution in [3.05, 3.63) is 24.3 Å². The molecule has 0 aliphatic carbocycles. The Labute approximate surface area is 114 Å². The fourth-order valence-corrected chi connectivity index (χ4v) is 1.43. The van der Waals surface area contributed by atoms with Crippen LogP contribution in [0, 0.1) is 0 Å². The van der Waals surface area contributed by atoms with E-state index < -0.39 is 0 Å². The Bertz CT molecular complexity index is 383. The monoisotopic (exact) mass is 266 g/mol. The van der Waals surface area contributed by atoms with E-state index in [2.05, 4.69) is 12.2 Å². The number of rotatable bonds is 9. The number of hydrogen-bond donors (Lipinski definition) is 2. The summed E-state index contributed by atoms with van der Waals surface area (Å²) in [5.74, 6) is -0.216. The highest BCUT2D eigenvalue weighted by molar-refractivity contribution is 5.94. The first kappa shape index (κ1) is 15.5. The third-order valence-electron chi connectivity index (χ3n) is 2.48. The smallest absolute Gasteiger partial charge is 0.250 e. The molecule has 0 atom stereocenters. The topological polar surface area (TPSA) is 73.6 Å². The van der Waals surface area contributed by atoms with E-state index in [1.54, 1.807) is 12.1 Å². The van der Waals surface area contributed by atoms with Gasteiger partial charge >= 0.3 is 0 Å². The van der Waals surface area contributed by atoms with Gasteiger partial charge in [0.1, 0.15) is 6.61 Å². The number of anilines is 2. The third kappa shape index (κ3) is 6.79. The molecule has 1 aromatic rings. The van der Waals surface area contributed by atoms with Crippen LogP contribution in [-0.2, 0) is 14.3 Å². The average Bonchev–Trinajstić information content (AvgIpc) is 2.40. The Morgan fingerprint density at radius 3 is 2.68 bits per heavy atom. The molecule has 0 saturated carbocycles. The van der Waals surface area contributed by atoms with Crippen LogP contribution in [0.25, 0.3) is 0 Å². The van der Waals surface area contributed by atoms with Crippen LogP contribution in [0.3, 0.4) is 0 Å². The minimum atomic E-state index is -0.216. The minimum Gasteiger partial charge on any atom is -0.397 e. The molecular formula is C14H22N2O3. The molecule has 0 spiro atoms. The van der Waals surface area contributed by atoms with Crippen molar-refractivity contribution < 1.29 is 14.3 Å². The Hall–Kier alpha value is -1.59. The molecular weight excluding hydrogens is 244 g/mol. The van der Waals surface area contributed by atoms with E-state index in [1.165, 1.54) is 0 Å². The Kier molecular flexibility index (Phi) is 7.62. The lowest BCUT2D eigenvalue weighted by Gasteiger charge is -2.08. The zero-order valence-corrected chi connectivity index (χ0v) is 11.4. The van der Waals surface area contributed by atoms with Crippen molar-refractivity contribution in [3.63, 3.8) is 0 Å². The molecule has 1 aromatic carbocycles. The van der Waals surface area contributed by atoms with Gasteiger partial charge in [0.15, 0.2) is 0 Å². The molecule has 0 heterocycles. The van der Waals surface area contributed by atoms with E-state index in [0.29, 0.717) is 24.6 Å². The predicted octanol–water partition coefficient (Wildman–Crippen LogP) is 2.04. The largest absolute Gasteiger partial charge is 0.397 e. The van der Waals surface area contributed by atoms with Gasteiger partial charge in [-0.05, 0) is 18.6 Å². The SMILES string of the molecule is CCCCOCCOCC(=O)Nc1ccccc1N. The molecule has 1 amide bonds. The first-order valence-electron chi connectivity index (χ1n) is 6.54. The zero-order valence-electron chi connectivity index (χ0n) is 11.4. The molecule has 5 nitrogen and oxygen atoms in total. The third-order valence-corrected chi connectivity index (χ3v) is 2.48. The van der Waals surface area contributed by atoms with Gasteiger partial charge < -0.3 is 20.5 Å². The standard InChI is InChI=1S/C14H22N2O3/c1-2-3-8-18-9-10-19-11-14(17)16-13-7-5-4-6-12(13)15/h4-7H,2-3,8-11,15H2,1H3,(H,16,17). The molecule has 0 bridgehead atoms. The highest BCUT2D eigenvalue weighted by Gasteiger charge is 2.04. The molecule has 106 valence electrons. The van der Waals surface area contributed by atoms with Crippen molar-refractivity contribution in [1.29, 1.82) is 0 Å². The number of nitrogens with one attached hydrogen (secondary N) is 1. The van der Waals surface area contributed by atoms with Gasteiger partial charge in [0.2, 0.25) is 5.91 Å². The van der Waals surface area contributed by atoms with Crippen LogP contribution in [-0.4, -0.2) is 32.3 Å². The molecule has 0 aliphatic heterocycles. The Morgan fingerprint density at radius 2 is 1.95 bits per heavy atom. The molecule has 0 saturated heterocycles. The van der Waals surface area contributed by atoms with Crippen molar-refractivity contribution in [3.8, 4) is 0 Å². The number of amides is 1. The lowest BCUT2D eigenvalue weighted by Crippen LogP contribution is -2.20. The minimum absolute atomic E-state index is 0.00543. The summed E-state index contributed by atoms with van der Waals surface area (Å²) in [6, 6.07) is 7.11. The number of ether oxygens (including phenoxy) is 2. The van der Waals surface area contributed by atoms with E-state index in [-0.39, 0.29) is 12.5 Å². The fraction of sp³-hybridized carbons (Fsp3) is 0.500. The second-order valence-corrected chi connectivity index (χ2v) is 4.15. The molecule has 0 aliphatic rings. The summed E-state index contributed by atoms with van der Waals surface area (Å²) in [7, 11) is 0. The quantitative estimate of drug-likeness (QED) is 0.530. The predicted molar refractivity (Wildman–Crippen MR) is 76.0 cm³/mol. The highest BCUT2D eigenvalue weighted by atomic mass is 16.5. The van der Waals surface area contributed by atoms with Gasteiger partial charge in [0.05, 0.1) is 24.6 Å². The summed E-state index contributed by atoms with van der Waals surface area (Å²) in [5.41, 5.74) is 6.86. The lowest BCUT2D eigenvalue weighted by atomic mass is 10.3. The van der Waals surface area contributed by atoms with Gasteiger partial charge in [-0.3, -0.25) is 4.79 Å². The van der Waals surface area contributed by atoms with Gasteiger partial charge in [-0.15, -0.1) is 0 Å². The molecule has 0 aromatic heterocycles. The average molecular weight is 266 g/mol. The summed E-state index contributed by atoms with van der Waals surface area (Å²) < 4.78 is 10.5. The van der Waals surface area contributed by atoms with Gasteiger partial charge in [0, 0.05) is 6.61 Å². The summed E-state index contributed by atoms with van der Waals surface area (Å²) in [6.07, 6.45) is 2.16. The number of unbranched alkanes of at least 4 members (excludes halogenated alkanes) is 1. The maximum absolute atomic E-state index is 11.6. The van der Waals surface area contributed by atoms with E-state index in [1.807, 2.05) is 12.1 Å². The van der Waals surface area contributed by atoms with Crippen molar-refractivity contribution in [2.45, 2.75) is 19.8 Å². The van der Waals surface area contributed by atoms with Crippen molar-refractivity contribution in [1.82, 2.24) is 0 Å². The van der Waals surface area contributed by atoms with Crippen LogP contribution in [0.5, 0.6) is 0 Å². The van der Waals surface area contributed by atoms with Crippen LogP contribution in [0.4, 0.5) is 11.4 Å². The number of benzene rings is 1. The van der Waals surface area contributed by atoms with E-state index >= 15 is 0 Å². The Morgan fingerprint density at radius 1 is 1.21 bits per heavy atom. The molecule has 0 fully saturated rings. The van der Waals surface area contributed by atoms with Crippen LogP contribution in [0.1, 0.15) is 19.8 Å². The zero-order chi connectivity index (χ0) is 13.9. The molecule has 19 heavy (non-hydrogen) atoms. The molecule has 5 heteroatoms. The van der Waals surface area contributed by atoms with Gasteiger partial charge in [0.25, 0.3) is 0 Å². The number of nitrogen functional groups attached to an aromatic ring is 1. The maximum atomic E-state index is 11.6. The van der Waals surface area contributed by atoms with Crippen LogP contribution in [0.15, 0.2) is 24.3 Å². The van der Waals surface area contributed by atoms with Crippen LogP contribution < -0.4 is 11.1 Å². The van der Waals surface area contributed by atoms with E-state index in [9.17, 15) is 4.79 Å². The van der Waals surface area contributed by atoms with E-state index in [0.717, 1.165) is 19.4 Å². The summed E-state index contributed by atoms with van der Waals surface area (Å²) in [4.78, 5) is 11.6. The van der Waals surface area contributed by atoms with Crippen molar-refractivity contribution >= 4 is 17.3 Å². The highest BCUT2D eigenvalue weighted by Crippen LogP contribution is 2.16. The normalized spacial score (nSPS) is 10.4. The fourth-order valence-electron chi connectivity index (χ4n) is 1.43. The van der Waals surface area contributed by atoms with E-state index in [4.69, 9.17) is 15.2 Å². The van der Waals surface area contributed by atoms with Crippen molar-refractivity contribution in [2.24, 2.45) is 0 Å². The molecule has 3 N–H and O–H groups in total. The first-order valence-corrected chi connectivity index (χ1v) is 6.54. The first-order chi connectivity index (χ1) is 9.24. The van der Waals surface area contributed by atoms with Gasteiger partial charge in [-0.25, -0.2) is 0 Å². The van der Waals surface area contributed by atoms with Gasteiger partial charge in [-0.2, -0.15) is 0 Å². The molecule has 0 radical (unpaired) electrons. The number of carbonyl (C=O) groups excluding carboxylic acids is 1. The summed E-state index contributed by atoms with van der Waals surface area (Å²) in [6.45, 7) is 3.79. The molecule has 1 rings (SSSR count). The van der Waals surface area contributed by atoms with Crippen molar-refractivity contribution in [2.75, 3.05) is 37.5 Å². The van der Waals surface area contributed by atoms with Crippen LogP contribution in [0.2, 0.25) is 0 Å². The van der Waals surface area contributed by atoms with Crippen LogP contribution >= 0.6 is 0 Å². The molecule has 0 unspecified atom stereocenters. The lowest BCUT2D eigenvalue weighted by molar-refractivity contribution is -0.121.